The van der Waals surface area contributed by atoms with Gasteiger partial charge in [-0.2, -0.15) is 0 Å². The molecular formula is C18H20N2O3. The number of hydrogen-bond acceptors (Lipinski definition) is 3. The Morgan fingerprint density at radius 2 is 2.04 bits per heavy atom. The first-order valence-corrected chi connectivity index (χ1v) is 7.93. The molecule has 1 heterocycles. The van der Waals surface area contributed by atoms with E-state index in [1.807, 2.05) is 30.3 Å². The summed E-state index contributed by atoms with van der Waals surface area (Å²) in [7, 11) is 1.72. The number of benzene rings is 1. The van der Waals surface area contributed by atoms with Gasteiger partial charge in [0.2, 0.25) is 0 Å². The van der Waals surface area contributed by atoms with E-state index in [1.54, 1.807) is 11.9 Å². The number of nitrogens with zero attached hydrogens (tertiary/aromatic N) is 2. The Bertz CT molecular complexity index is 753. The van der Waals surface area contributed by atoms with Crippen molar-refractivity contribution in [3.63, 3.8) is 0 Å². The normalized spacial score (nSPS) is 14.0. The van der Waals surface area contributed by atoms with Crippen LogP contribution in [0.1, 0.15) is 47.7 Å². The molecule has 5 nitrogen and oxygen atoms in total. The zero-order valence-corrected chi connectivity index (χ0v) is 13.2. The van der Waals surface area contributed by atoms with Crippen molar-refractivity contribution < 1.29 is 14.7 Å². The van der Waals surface area contributed by atoms with Crippen LogP contribution in [0.15, 0.2) is 30.3 Å². The first kappa shape index (κ1) is 15.5. The third-order valence-electron chi connectivity index (χ3n) is 4.19. The maximum atomic E-state index is 12.8. The fourth-order valence-corrected chi connectivity index (χ4v) is 2.74. The summed E-state index contributed by atoms with van der Waals surface area (Å²) in [5, 5.41) is 9.57. The molecule has 1 aliphatic carbocycles. The maximum absolute atomic E-state index is 12.8. The number of carboxylic acids is 1. The molecule has 0 atom stereocenters. The van der Waals surface area contributed by atoms with Crippen LogP contribution >= 0.6 is 0 Å². The van der Waals surface area contributed by atoms with E-state index in [0.29, 0.717) is 24.4 Å². The molecule has 1 N–H and O–H groups in total. The van der Waals surface area contributed by atoms with Crippen LogP contribution in [-0.4, -0.2) is 40.5 Å². The highest BCUT2D eigenvalue weighted by molar-refractivity contribution is 6.06. The fraction of sp³-hybridized carbons (Fsp3) is 0.389. The van der Waals surface area contributed by atoms with Gasteiger partial charge in [-0.05, 0) is 31.4 Å². The van der Waals surface area contributed by atoms with Gasteiger partial charge in [0.05, 0.1) is 11.1 Å². The van der Waals surface area contributed by atoms with Crippen LogP contribution in [0.5, 0.6) is 0 Å². The molecule has 2 aromatic rings. The minimum atomic E-state index is -0.837. The zero-order chi connectivity index (χ0) is 16.4. The average molecular weight is 312 g/mol. The SMILES string of the molecule is CN(CCCC(=O)O)C(=O)c1cc(C2CC2)nc2ccccc12. The summed E-state index contributed by atoms with van der Waals surface area (Å²) in [6, 6.07) is 9.59. The van der Waals surface area contributed by atoms with Crippen LogP contribution in [0.2, 0.25) is 0 Å². The first-order chi connectivity index (χ1) is 11.1. The summed E-state index contributed by atoms with van der Waals surface area (Å²) in [6.45, 7) is 0.431. The molecule has 1 saturated carbocycles. The van der Waals surface area contributed by atoms with Crippen LogP contribution in [0, 0.1) is 0 Å². The minimum absolute atomic E-state index is 0.0715. The first-order valence-electron chi connectivity index (χ1n) is 7.93. The number of amides is 1. The molecule has 120 valence electrons. The van der Waals surface area contributed by atoms with Gasteiger partial charge in [0.15, 0.2) is 0 Å². The topological polar surface area (TPSA) is 70.5 Å². The van der Waals surface area contributed by atoms with Crippen LogP contribution in [0.4, 0.5) is 0 Å². The third-order valence-corrected chi connectivity index (χ3v) is 4.19. The predicted octanol–water partition coefficient (Wildman–Crippen LogP) is 3.05. The Labute approximate surface area is 134 Å². The van der Waals surface area contributed by atoms with E-state index in [1.165, 1.54) is 0 Å². The molecule has 1 aromatic carbocycles. The molecule has 1 aromatic heterocycles. The summed E-state index contributed by atoms with van der Waals surface area (Å²) in [5.41, 5.74) is 2.50. The average Bonchev–Trinajstić information content (AvgIpc) is 3.37. The number of rotatable bonds is 6. The Kier molecular flexibility index (Phi) is 4.28. The molecule has 0 radical (unpaired) electrons. The summed E-state index contributed by atoms with van der Waals surface area (Å²) in [5.74, 6) is -0.435. The van der Waals surface area contributed by atoms with Crippen molar-refractivity contribution in [2.24, 2.45) is 0 Å². The van der Waals surface area contributed by atoms with Crippen molar-refractivity contribution in [3.05, 3.63) is 41.6 Å². The van der Waals surface area contributed by atoms with Crippen molar-refractivity contribution in [1.82, 2.24) is 9.88 Å². The van der Waals surface area contributed by atoms with Crippen LogP contribution in [0.25, 0.3) is 10.9 Å². The minimum Gasteiger partial charge on any atom is -0.481 e. The number of carboxylic acid groups (broad SMARTS) is 1. The van der Waals surface area contributed by atoms with Crippen LogP contribution < -0.4 is 0 Å². The Morgan fingerprint density at radius 1 is 1.30 bits per heavy atom. The Hall–Kier alpha value is -2.43. The van der Waals surface area contributed by atoms with Gasteiger partial charge in [0.25, 0.3) is 5.91 Å². The second-order valence-corrected chi connectivity index (χ2v) is 6.11. The van der Waals surface area contributed by atoms with Gasteiger partial charge in [0, 0.05) is 37.0 Å². The van der Waals surface area contributed by atoms with Crippen molar-refractivity contribution in [2.45, 2.75) is 31.6 Å². The molecular weight excluding hydrogens is 292 g/mol. The highest BCUT2D eigenvalue weighted by Gasteiger charge is 2.27. The van der Waals surface area contributed by atoms with Gasteiger partial charge >= 0.3 is 5.97 Å². The number of hydrogen-bond donors (Lipinski definition) is 1. The van der Waals surface area contributed by atoms with Crippen LogP contribution in [-0.2, 0) is 4.79 Å². The van der Waals surface area contributed by atoms with Crippen molar-refractivity contribution >= 4 is 22.8 Å². The quantitative estimate of drug-likeness (QED) is 0.890. The van der Waals surface area contributed by atoms with E-state index in [2.05, 4.69) is 4.98 Å². The van der Waals surface area contributed by atoms with Crippen LogP contribution in [0.3, 0.4) is 0 Å². The van der Waals surface area contributed by atoms with Gasteiger partial charge in [-0.1, -0.05) is 18.2 Å². The lowest BCUT2D eigenvalue weighted by Gasteiger charge is -2.18. The maximum Gasteiger partial charge on any atom is 0.303 e. The Morgan fingerprint density at radius 3 is 2.74 bits per heavy atom. The summed E-state index contributed by atoms with van der Waals surface area (Å²) in [6.07, 6.45) is 2.79. The number of carbonyl (C=O) groups is 2. The lowest BCUT2D eigenvalue weighted by molar-refractivity contribution is -0.137. The number of carbonyl (C=O) groups excluding carboxylic acids is 1. The molecule has 1 amide bonds. The smallest absolute Gasteiger partial charge is 0.303 e. The molecule has 5 heteroatoms. The van der Waals surface area contributed by atoms with Crippen molar-refractivity contribution in [2.75, 3.05) is 13.6 Å². The number of aromatic nitrogens is 1. The molecule has 0 bridgehead atoms. The van der Waals surface area contributed by atoms with E-state index in [0.717, 1.165) is 29.4 Å². The van der Waals surface area contributed by atoms with E-state index in [4.69, 9.17) is 5.11 Å². The van der Waals surface area contributed by atoms with Crippen molar-refractivity contribution in [3.8, 4) is 0 Å². The molecule has 3 rings (SSSR count). The molecule has 0 aliphatic heterocycles. The Balaban J connectivity index is 1.88. The van der Waals surface area contributed by atoms with Gasteiger partial charge in [-0.15, -0.1) is 0 Å². The summed E-state index contributed by atoms with van der Waals surface area (Å²) < 4.78 is 0. The van der Waals surface area contributed by atoms with Gasteiger partial charge < -0.3 is 10.0 Å². The second-order valence-electron chi connectivity index (χ2n) is 6.11. The molecule has 1 aliphatic rings. The second kappa shape index (κ2) is 6.36. The highest BCUT2D eigenvalue weighted by atomic mass is 16.4. The number of pyridine rings is 1. The summed E-state index contributed by atoms with van der Waals surface area (Å²) >= 11 is 0. The number of fused-ring (bicyclic) bond motifs is 1. The molecule has 0 saturated heterocycles. The number of para-hydroxylation sites is 1. The zero-order valence-electron chi connectivity index (χ0n) is 13.2. The van der Waals surface area contributed by atoms with E-state index < -0.39 is 5.97 Å². The van der Waals surface area contributed by atoms with E-state index >= 15 is 0 Å². The standard InChI is InChI=1S/C18H20N2O3/c1-20(10-4-7-17(21)22)18(23)14-11-16(12-8-9-12)19-15-6-3-2-5-13(14)15/h2-3,5-6,11-12H,4,7-10H2,1H3,(H,21,22). The van der Waals surface area contributed by atoms with E-state index in [9.17, 15) is 9.59 Å². The van der Waals surface area contributed by atoms with Gasteiger partial charge in [-0.3, -0.25) is 14.6 Å². The predicted molar refractivity (Wildman–Crippen MR) is 87.5 cm³/mol. The third kappa shape index (κ3) is 3.50. The number of aliphatic carboxylic acids is 1. The fourth-order valence-electron chi connectivity index (χ4n) is 2.74. The summed E-state index contributed by atoms with van der Waals surface area (Å²) in [4.78, 5) is 29.7. The van der Waals surface area contributed by atoms with E-state index in [-0.39, 0.29) is 12.3 Å². The highest BCUT2D eigenvalue weighted by Crippen LogP contribution is 2.40. The largest absolute Gasteiger partial charge is 0.481 e. The molecule has 1 fully saturated rings. The monoisotopic (exact) mass is 312 g/mol. The molecule has 23 heavy (non-hydrogen) atoms. The van der Waals surface area contributed by atoms with Gasteiger partial charge in [0.1, 0.15) is 0 Å². The lowest BCUT2D eigenvalue weighted by atomic mass is 10.0. The van der Waals surface area contributed by atoms with Crippen molar-refractivity contribution in [1.29, 1.82) is 0 Å². The molecule has 0 spiro atoms. The molecule has 0 unspecified atom stereocenters. The lowest BCUT2D eigenvalue weighted by Crippen LogP contribution is -2.28. The van der Waals surface area contributed by atoms with Gasteiger partial charge in [-0.25, -0.2) is 0 Å².